The lowest BCUT2D eigenvalue weighted by atomic mass is 10.0. The molecule has 2 heteroatoms. The number of hydrogen-bond donors (Lipinski definition) is 0. The monoisotopic (exact) mass is 274 g/mol. The van der Waals surface area contributed by atoms with Gasteiger partial charge in [0.05, 0.1) is 0 Å². The number of halogens is 1. The number of fused-ring (bicyclic) bond motifs is 1. The lowest BCUT2D eigenvalue weighted by Gasteiger charge is -2.04. The summed E-state index contributed by atoms with van der Waals surface area (Å²) in [6, 6.07) is 12.2. The molecule has 0 aliphatic rings. The molecule has 1 nitrogen and oxygen atoms in total. The van der Waals surface area contributed by atoms with Crippen LogP contribution in [0.25, 0.3) is 16.8 Å². The molecule has 80 valence electrons. The maximum atomic E-state index is 11.0. The van der Waals surface area contributed by atoms with Crippen molar-refractivity contribution in [3.8, 4) is 0 Å². The molecule has 0 bridgehead atoms. The Hall–Kier alpha value is -1.41. The van der Waals surface area contributed by atoms with Crippen LogP contribution in [-0.4, -0.2) is 5.78 Å². The highest BCUT2D eigenvalue weighted by Crippen LogP contribution is 2.27. The Bertz CT molecular complexity index is 570. The largest absolute Gasteiger partial charge is 0.295 e. The van der Waals surface area contributed by atoms with Crippen LogP contribution in [-0.2, 0) is 4.79 Å². The lowest BCUT2D eigenvalue weighted by Crippen LogP contribution is -1.84. The number of benzene rings is 2. The van der Waals surface area contributed by atoms with Crippen LogP contribution in [0.15, 0.2) is 46.9 Å². The van der Waals surface area contributed by atoms with E-state index in [2.05, 4.69) is 34.1 Å². The molecular formula is C14H11BrO. The Balaban J connectivity index is 2.66. The Morgan fingerprint density at radius 1 is 1.19 bits per heavy atom. The second-order valence-corrected chi connectivity index (χ2v) is 4.48. The maximum absolute atomic E-state index is 11.0. The molecule has 0 saturated carbocycles. The molecule has 0 heterocycles. The Kier molecular flexibility index (Phi) is 3.20. The summed E-state index contributed by atoms with van der Waals surface area (Å²) in [5.74, 6) is 0.0554. The van der Waals surface area contributed by atoms with Gasteiger partial charge in [0.15, 0.2) is 5.78 Å². The van der Waals surface area contributed by atoms with Gasteiger partial charge in [-0.05, 0) is 41.5 Å². The van der Waals surface area contributed by atoms with Crippen molar-refractivity contribution >= 4 is 38.6 Å². The fraction of sp³-hybridized carbons (Fsp3) is 0.0714. The van der Waals surface area contributed by atoms with Gasteiger partial charge >= 0.3 is 0 Å². The molecule has 0 unspecified atom stereocenters. The van der Waals surface area contributed by atoms with Crippen LogP contribution >= 0.6 is 15.9 Å². The molecule has 2 rings (SSSR count). The second kappa shape index (κ2) is 4.62. The van der Waals surface area contributed by atoms with Gasteiger partial charge in [-0.2, -0.15) is 0 Å². The molecule has 0 amide bonds. The van der Waals surface area contributed by atoms with Gasteiger partial charge in [-0.15, -0.1) is 0 Å². The van der Waals surface area contributed by atoms with E-state index in [9.17, 15) is 4.79 Å². The molecule has 2 aromatic rings. The maximum Gasteiger partial charge on any atom is 0.152 e. The van der Waals surface area contributed by atoms with E-state index in [4.69, 9.17) is 0 Å². The standard InChI is InChI=1S/C14H11BrO/c1-10(16)6-8-13-12-5-3-2-4-11(12)7-9-14(13)15/h2-9H,1H3/b8-6+. The first-order valence-corrected chi connectivity index (χ1v) is 5.83. The summed E-state index contributed by atoms with van der Waals surface area (Å²) in [5, 5.41) is 2.32. The fourth-order valence-electron chi connectivity index (χ4n) is 1.64. The van der Waals surface area contributed by atoms with Gasteiger partial charge in [0.25, 0.3) is 0 Å². The van der Waals surface area contributed by atoms with Crippen molar-refractivity contribution in [3.63, 3.8) is 0 Å². The van der Waals surface area contributed by atoms with Crippen molar-refractivity contribution in [2.45, 2.75) is 6.92 Å². The van der Waals surface area contributed by atoms with Crippen LogP contribution in [0.5, 0.6) is 0 Å². The van der Waals surface area contributed by atoms with Crippen molar-refractivity contribution in [2.75, 3.05) is 0 Å². The number of rotatable bonds is 2. The third kappa shape index (κ3) is 2.22. The minimum atomic E-state index is 0.0554. The van der Waals surface area contributed by atoms with Crippen LogP contribution in [0, 0.1) is 0 Å². The van der Waals surface area contributed by atoms with Gasteiger partial charge in [0.1, 0.15) is 0 Å². The van der Waals surface area contributed by atoms with Gasteiger partial charge < -0.3 is 0 Å². The highest BCUT2D eigenvalue weighted by molar-refractivity contribution is 9.10. The van der Waals surface area contributed by atoms with Crippen LogP contribution < -0.4 is 0 Å². The van der Waals surface area contributed by atoms with Crippen LogP contribution in [0.1, 0.15) is 12.5 Å². The van der Waals surface area contributed by atoms with E-state index in [0.29, 0.717) is 0 Å². The third-order valence-electron chi connectivity index (χ3n) is 2.40. The molecule has 0 atom stereocenters. The number of carbonyl (C=O) groups excluding carboxylic acids is 1. The number of carbonyl (C=O) groups is 1. The van der Waals surface area contributed by atoms with Crippen molar-refractivity contribution < 1.29 is 4.79 Å². The average molecular weight is 275 g/mol. The van der Waals surface area contributed by atoms with Gasteiger partial charge in [0.2, 0.25) is 0 Å². The van der Waals surface area contributed by atoms with E-state index in [1.165, 1.54) is 5.39 Å². The molecule has 16 heavy (non-hydrogen) atoms. The van der Waals surface area contributed by atoms with Gasteiger partial charge in [0, 0.05) is 4.47 Å². The van der Waals surface area contributed by atoms with E-state index >= 15 is 0 Å². The summed E-state index contributed by atoms with van der Waals surface area (Å²) in [6.07, 6.45) is 3.45. The molecular weight excluding hydrogens is 264 g/mol. The van der Waals surface area contributed by atoms with Crippen molar-refractivity contribution in [1.29, 1.82) is 0 Å². The Morgan fingerprint density at radius 2 is 1.94 bits per heavy atom. The van der Waals surface area contributed by atoms with E-state index in [1.807, 2.05) is 24.3 Å². The first-order valence-electron chi connectivity index (χ1n) is 5.04. The molecule has 0 saturated heterocycles. The van der Waals surface area contributed by atoms with E-state index < -0.39 is 0 Å². The second-order valence-electron chi connectivity index (χ2n) is 3.63. The zero-order valence-electron chi connectivity index (χ0n) is 8.91. The highest BCUT2D eigenvalue weighted by atomic mass is 79.9. The van der Waals surface area contributed by atoms with E-state index in [0.717, 1.165) is 15.4 Å². The minimum Gasteiger partial charge on any atom is -0.295 e. The predicted molar refractivity (Wildman–Crippen MR) is 71.4 cm³/mol. The molecule has 2 aromatic carbocycles. The predicted octanol–water partition coefficient (Wildman–Crippen LogP) is 4.20. The first kappa shape index (κ1) is 11.1. The van der Waals surface area contributed by atoms with Gasteiger partial charge in [-0.3, -0.25) is 4.79 Å². The minimum absolute atomic E-state index is 0.0554. The number of ketones is 1. The van der Waals surface area contributed by atoms with Crippen LogP contribution in [0.4, 0.5) is 0 Å². The highest BCUT2D eigenvalue weighted by Gasteiger charge is 2.02. The Labute approximate surface area is 103 Å². The van der Waals surface area contributed by atoms with Crippen LogP contribution in [0.2, 0.25) is 0 Å². The Morgan fingerprint density at radius 3 is 2.69 bits per heavy atom. The van der Waals surface area contributed by atoms with Crippen LogP contribution in [0.3, 0.4) is 0 Å². The van der Waals surface area contributed by atoms with Gasteiger partial charge in [-0.1, -0.05) is 46.3 Å². The summed E-state index contributed by atoms with van der Waals surface area (Å²) < 4.78 is 1.00. The normalized spacial score (nSPS) is 11.1. The molecule has 0 spiro atoms. The summed E-state index contributed by atoms with van der Waals surface area (Å²) in [6.45, 7) is 1.55. The quantitative estimate of drug-likeness (QED) is 0.750. The molecule has 0 aliphatic heterocycles. The zero-order chi connectivity index (χ0) is 11.5. The summed E-state index contributed by atoms with van der Waals surface area (Å²) in [5.41, 5.74) is 1.05. The van der Waals surface area contributed by atoms with Crippen molar-refractivity contribution in [1.82, 2.24) is 0 Å². The smallest absolute Gasteiger partial charge is 0.152 e. The van der Waals surface area contributed by atoms with Gasteiger partial charge in [-0.25, -0.2) is 0 Å². The number of allylic oxidation sites excluding steroid dienone is 1. The molecule has 0 fully saturated rings. The molecule has 0 aliphatic carbocycles. The summed E-state index contributed by atoms with van der Waals surface area (Å²) >= 11 is 3.50. The zero-order valence-corrected chi connectivity index (χ0v) is 10.5. The first-order chi connectivity index (χ1) is 7.68. The van der Waals surface area contributed by atoms with E-state index in [-0.39, 0.29) is 5.78 Å². The topological polar surface area (TPSA) is 17.1 Å². The van der Waals surface area contributed by atoms with Crippen molar-refractivity contribution in [2.24, 2.45) is 0 Å². The fourth-order valence-corrected chi connectivity index (χ4v) is 2.12. The molecule has 0 radical (unpaired) electrons. The number of hydrogen-bond acceptors (Lipinski definition) is 1. The summed E-state index contributed by atoms with van der Waals surface area (Å²) in [7, 11) is 0. The lowest BCUT2D eigenvalue weighted by molar-refractivity contribution is -0.112. The van der Waals surface area contributed by atoms with E-state index in [1.54, 1.807) is 13.0 Å². The molecule has 0 aromatic heterocycles. The third-order valence-corrected chi connectivity index (χ3v) is 3.09. The summed E-state index contributed by atoms with van der Waals surface area (Å²) in [4.78, 5) is 11.0. The average Bonchev–Trinajstić information content (AvgIpc) is 2.27. The van der Waals surface area contributed by atoms with Crippen molar-refractivity contribution in [3.05, 3.63) is 52.5 Å². The molecule has 0 N–H and O–H groups in total. The SMILES string of the molecule is CC(=O)/C=C/c1c(Br)ccc2ccccc12.